The van der Waals surface area contributed by atoms with Crippen molar-refractivity contribution in [3.8, 4) is 22.9 Å². The van der Waals surface area contributed by atoms with Gasteiger partial charge >= 0.3 is 6.03 Å². The number of pyridine rings is 1. The molecule has 3 aliphatic heterocycles. The van der Waals surface area contributed by atoms with Crippen LogP contribution in [-0.4, -0.2) is 95.3 Å². The average molecular weight is 649 g/mol. The Hall–Kier alpha value is -4.30. The Balaban J connectivity index is 1.20. The van der Waals surface area contributed by atoms with E-state index in [1.54, 1.807) is 11.9 Å². The van der Waals surface area contributed by atoms with Crippen molar-refractivity contribution in [2.45, 2.75) is 37.2 Å². The molecule has 0 N–H and O–H groups in total. The number of fused-ring (bicyclic) bond motifs is 1. The maximum atomic E-state index is 13.2. The highest BCUT2D eigenvalue weighted by atomic mass is 32.2. The molecule has 2 aromatic carbocycles. The third-order valence-corrected chi connectivity index (χ3v) is 10.3. The molecular weight excluding hydrogens is 609 g/mol. The number of nitrogens with zero attached hydrogens (tertiary/aromatic N) is 6. The molecule has 0 bridgehead atoms. The van der Waals surface area contributed by atoms with Gasteiger partial charge in [-0.3, -0.25) is 3.97 Å². The van der Waals surface area contributed by atoms with Crippen LogP contribution in [-0.2, 0) is 4.74 Å². The predicted molar refractivity (Wildman–Crippen MR) is 185 cm³/mol. The molecule has 2 saturated heterocycles. The number of nitriles is 1. The summed E-state index contributed by atoms with van der Waals surface area (Å²) in [7, 11) is 2.10. The zero-order chi connectivity index (χ0) is 32.3. The van der Waals surface area contributed by atoms with E-state index in [-0.39, 0.29) is 12.1 Å². The van der Waals surface area contributed by atoms with Crippen molar-refractivity contribution in [2.24, 2.45) is 0 Å². The van der Waals surface area contributed by atoms with E-state index in [4.69, 9.17) is 14.5 Å². The molecule has 9 nitrogen and oxygen atoms in total. The van der Waals surface area contributed by atoms with Crippen molar-refractivity contribution in [2.75, 3.05) is 59.5 Å². The maximum Gasteiger partial charge on any atom is 0.320 e. The summed E-state index contributed by atoms with van der Waals surface area (Å²) in [4.78, 5) is 25.5. The van der Waals surface area contributed by atoms with Crippen LogP contribution in [0.5, 0.6) is 5.75 Å². The summed E-state index contributed by atoms with van der Waals surface area (Å²) >= 11 is 1.62. The van der Waals surface area contributed by atoms with E-state index < -0.39 is 0 Å². The quantitative estimate of drug-likeness (QED) is 0.238. The summed E-state index contributed by atoms with van der Waals surface area (Å²) in [6.45, 7) is 8.11. The Morgan fingerprint density at radius 2 is 1.79 bits per heavy atom. The topological polar surface area (TPSA) is 86.9 Å². The molecule has 0 atom stereocenters. The smallest absolute Gasteiger partial charge is 0.320 e. The number of amides is 2. The first kappa shape index (κ1) is 31.3. The minimum absolute atomic E-state index is 0.0535. The van der Waals surface area contributed by atoms with Crippen LogP contribution in [0.3, 0.4) is 0 Å². The summed E-state index contributed by atoms with van der Waals surface area (Å²) in [5, 5.41) is 11.1. The lowest BCUT2D eigenvalue weighted by Crippen LogP contribution is -2.52. The Kier molecular flexibility index (Phi) is 9.21. The number of piperazine rings is 1. The molecule has 2 aromatic heterocycles. The highest BCUT2D eigenvalue weighted by Crippen LogP contribution is 2.38. The lowest BCUT2D eigenvalue weighted by atomic mass is 9.98. The van der Waals surface area contributed by atoms with Crippen molar-refractivity contribution < 1.29 is 14.3 Å². The number of hydrogen-bond donors (Lipinski definition) is 0. The Bertz CT molecular complexity index is 1830. The molecule has 47 heavy (non-hydrogen) atoms. The van der Waals surface area contributed by atoms with Crippen molar-refractivity contribution in [3.05, 3.63) is 83.7 Å². The highest BCUT2D eigenvalue weighted by Gasteiger charge is 2.26. The first-order chi connectivity index (χ1) is 22.9. The average Bonchev–Trinajstić information content (AvgIpc) is 3.47. The van der Waals surface area contributed by atoms with Gasteiger partial charge in [0.2, 0.25) is 0 Å². The molecule has 3 aliphatic rings. The van der Waals surface area contributed by atoms with Gasteiger partial charge in [0.15, 0.2) is 5.65 Å². The lowest BCUT2D eigenvalue weighted by Gasteiger charge is -2.37. The number of hydrogen-bond acceptors (Lipinski definition) is 7. The molecule has 0 spiro atoms. The monoisotopic (exact) mass is 648 g/mol. The van der Waals surface area contributed by atoms with E-state index in [1.165, 1.54) is 11.1 Å². The zero-order valence-corrected chi connectivity index (χ0v) is 27.8. The third kappa shape index (κ3) is 6.89. The minimum Gasteiger partial charge on any atom is -0.489 e. The van der Waals surface area contributed by atoms with Gasteiger partial charge in [0, 0.05) is 80.3 Å². The highest BCUT2D eigenvalue weighted by molar-refractivity contribution is 7.98. The molecule has 7 rings (SSSR count). The van der Waals surface area contributed by atoms with E-state index in [2.05, 4.69) is 71.5 Å². The van der Waals surface area contributed by atoms with Gasteiger partial charge in [-0.25, -0.2) is 9.78 Å². The summed E-state index contributed by atoms with van der Waals surface area (Å²) in [6, 6.07) is 19.1. The molecule has 0 unspecified atom stereocenters. The van der Waals surface area contributed by atoms with Crippen LogP contribution in [0.4, 0.5) is 4.79 Å². The van der Waals surface area contributed by atoms with Crippen molar-refractivity contribution >= 4 is 34.6 Å². The summed E-state index contributed by atoms with van der Waals surface area (Å²) in [5.74, 6) is 0.614. The summed E-state index contributed by atoms with van der Waals surface area (Å²) in [5.41, 5.74) is 6.80. The number of aromatic nitrogens is 2. The normalized spacial score (nSPS) is 17.9. The number of rotatable bonds is 6. The fourth-order valence-electron chi connectivity index (χ4n) is 6.43. The largest absolute Gasteiger partial charge is 0.489 e. The second-order valence-electron chi connectivity index (χ2n) is 12.6. The zero-order valence-electron chi connectivity index (χ0n) is 27.0. The molecule has 2 fully saturated rings. The minimum atomic E-state index is 0.0535. The van der Waals surface area contributed by atoms with E-state index in [0.29, 0.717) is 37.6 Å². The second-order valence-corrected chi connectivity index (χ2v) is 13.7. The number of carbonyl (C=O) groups excluding carboxylic acids is 1. The van der Waals surface area contributed by atoms with Gasteiger partial charge in [-0.2, -0.15) is 5.26 Å². The van der Waals surface area contributed by atoms with Crippen molar-refractivity contribution in [3.63, 3.8) is 0 Å². The van der Waals surface area contributed by atoms with E-state index in [1.807, 2.05) is 34.2 Å². The van der Waals surface area contributed by atoms with Crippen LogP contribution in [0, 0.1) is 18.3 Å². The first-order valence-corrected chi connectivity index (χ1v) is 17.2. The van der Waals surface area contributed by atoms with Gasteiger partial charge in [-0.15, -0.1) is 0 Å². The van der Waals surface area contributed by atoms with E-state index in [9.17, 15) is 10.1 Å². The number of likely N-dealkylation sites (N-methyl/N-ethyl adjacent to an activating group) is 1. The number of ether oxygens (including phenoxy) is 2. The first-order valence-electron chi connectivity index (χ1n) is 16.4. The molecule has 10 heteroatoms. The lowest BCUT2D eigenvalue weighted by molar-refractivity contribution is 0.0254. The molecule has 5 heterocycles. The van der Waals surface area contributed by atoms with Gasteiger partial charge in [0.1, 0.15) is 17.9 Å². The molecule has 2 amide bonds. The van der Waals surface area contributed by atoms with E-state index in [0.717, 1.165) is 78.1 Å². The van der Waals surface area contributed by atoms with Gasteiger partial charge in [-0.1, -0.05) is 29.8 Å². The Morgan fingerprint density at radius 3 is 2.51 bits per heavy atom. The Morgan fingerprint density at radius 1 is 1.00 bits per heavy atom. The number of carbonyl (C=O) groups is 1. The fourth-order valence-corrected chi connectivity index (χ4v) is 7.31. The predicted octanol–water partition coefficient (Wildman–Crippen LogP) is 6.45. The standard InChI is InChI=1S/C37H40N6O3S/c1-26-3-6-32(7-4-26)47-43-25-34(28-5-8-35(29(21-28)23-38)46-31-11-19-45-20-12-31)33-22-30(24-39-36(33)43)27-9-13-41(14-10-27)37(44)42-17-15-40(2)16-18-42/h3-9,21-22,24-25,31H,10-20H2,1-2H3. The second kappa shape index (κ2) is 13.8. The molecule has 0 saturated carbocycles. The van der Waals surface area contributed by atoms with Gasteiger partial charge in [0.05, 0.1) is 18.8 Å². The maximum absolute atomic E-state index is 13.2. The molecule has 0 aliphatic carbocycles. The summed E-state index contributed by atoms with van der Waals surface area (Å²) in [6.07, 6.45) is 8.72. The van der Waals surface area contributed by atoms with Crippen molar-refractivity contribution in [1.29, 1.82) is 5.26 Å². The van der Waals surface area contributed by atoms with Crippen LogP contribution in [0.25, 0.3) is 27.7 Å². The molecule has 242 valence electrons. The van der Waals surface area contributed by atoms with Gasteiger partial charge in [-0.05, 0) is 79.4 Å². The van der Waals surface area contributed by atoms with Crippen LogP contribution in [0.2, 0.25) is 0 Å². The van der Waals surface area contributed by atoms with Gasteiger partial charge < -0.3 is 24.2 Å². The summed E-state index contributed by atoms with van der Waals surface area (Å²) < 4.78 is 13.8. The number of urea groups is 1. The Labute approximate surface area is 280 Å². The van der Waals surface area contributed by atoms with Crippen LogP contribution in [0.1, 0.15) is 36.0 Å². The van der Waals surface area contributed by atoms with Gasteiger partial charge in [0.25, 0.3) is 0 Å². The molecule has 4 aromatic rings. The number of aryl methyl sites for hydroxylation is 1. The third-order valence-electron chi connectivity index (χ3n) is 9.33. The SMILES string of the molecule is Cc1ccc(Sn2cc(-c3ccc(OC4CCOCC4)c(C#N)c3)c3cc(C4=CCN(C(=O)N5CCN(C)CC5)CC4)cnc32)cc1. The number of benzene rings is 2. The molecular formula is C37H40N6O3S. The van der Waals surface area contributed by atoms with E-state index >= 15 is 0 Å². The van der Waals surface area contributed by atoms with Crippen LogP contribution < -0.4 is 4.74 Å². The fraction of sp³-hybridized carbons (Fsp3) is 0.378. The van der Waals surface area contributed by atoms with Crippen LogP contribution >= 0.6 is 11.9 Å². The van der Waals surface area contributed by atoms with Crippen molar-refractivity contribution in [1.82, 2.24) is 23.7 Å². The van der Waals surface area contributed by atoms with Crippen LogP contribution in [0.15, 0.2) is 71.9 Å². The molecule has 0 radical (unpaired) electrons.